The number of aromatic nitrogens is 4. The minimum Gasteiger partial charge on any atom is -0.367 e. The molecule has 5 rings (SSSR count). The fourth-order valence-electron chi connectivity index (χ4n) is 4.36. The van der Waals surface area contributed by atoms with E-state index >= 15 is 0 Å². The maximum absolute atomic E-state index is 12.8. The molecule has 2 N–H and O–H groups in total. The maximum atomic E-state index is 12.8. The van der Waals surface area contributed by atoms with Gasteiger partial charge < -0.3 is 15.5 Å². The Balaban J connectivity index is 1.33. The number of hydrogen-bond donors (Lipinski definition) is 1. The summed E-state index contributed by atoms with van der Waals surface area (Å²) in [7, 11) is 0. The third kappa shape index (κ3) is 4.27. The van der Waals surface area contributed by atoms with Crippen LogP contribution in [-0.4, -0.2) is 68.1 Å². The highest BCUT2D eigenvalue weighted by atomic mass is 16.2. The molecule has 3 aliphatic rings. The first kappa shape index (κ1) is 17.9. The van der Waals surface area contributed by atoms with E-state index < -0.39 is 0 Å². The van der Waals surface area contributed by atoms with Crippen molar-refractivity contribution in [3.05, 3.63) is 35.9 Å². The van der Waals surface area contributed by atoms with Crippen LogP contribution < -0.4 is 5.73 Å². The van der Waals surface area contributed by atoms with E-state index in [0.29, 0.717) is 5.92 Å². The fourth-order valence-corrected chi connectivity index (χ4v) is 4.36. The van der Waals surface area contributed by atoms with Crippen LogP contribution in [0.2, 0.25) is 0 Å². The number of anilines is 1. The molecule has 8 nitrogen and oxygen atoms in total. The number of amides is 1. The predicted octanol–water partition coefficient (Wildman–Crippen LogP) is 0.811. The number of nitrogen functional groups attached to an aromatic ring is 1. The molecule has 2 atom stereocenters. The van der Waals surface area contributed by atoms with Gasteiger partial charge in [-0.05, 0) is 54.1 Å². The van der Waals surface area contributed by atoms with Gasteiger partial charge in [-0.2, -0.15) is 0 Å². The first-order chi connectivity index (χ1) is 13.2. The minimum absolute atomic E-state index is 0.0647. The van der Waals surface area contributed by atoms with E-state index in [1.165, 1.54) is 16.7 Å². The quantitative estimate of drug-likeness (QED) is 0.810. The lowest BCUT2D eigenvalue weighted by atomic mass is 9.95. The molecule has 4 heterocycles. The number of benzene rings is 1. The predicted molar refractivity (Wildman–Crippen MR) is 102 cm³/mol. The third-order valence-electron chi connectivity index (χ3n) is 5.74. The number of rotatable bonds is 6. The molecule has 0 spiro atoms. The molecule has 3 saturated heterocycles. The highest BCUT2D eigenvalue weighted by Gasteiger charge is 2.37. The number of tetrazole rings is 1. The van der Waals surface area contributed by atoms with Gasteiger partial charge in [0.15, 0.2) is 0 Å². The summed E-state index contributed by atoms with van der Waals surface area (Å²) in [4.78, 5) is 17.4. The second kappa shape index (κ2) is 8.04. The highest BCUT2D eigenvalue weighted by Crippen LogP contribution is 2.28. The molecule has 1 aromatic carbocycles. The monoisotopic (exact) mass is 369 g/mol. The molecule has 1 amide bonds. The lowest BCUT2D eigenvalue weighted by molar-refractivity contribution is -0.136. The molecule has 0 saturated carbocycles. The van der Waals surface area contributed by atoms with E-state index in [0.717, 1.165) is 45.4 Å². The van der Waals surface area contributed by atoms with Crippen LogP contribution >= 0.6 is 0 Å². The molecule has 3 aliphatic heterocycles. The molecule has 2 bridgehead atoms. The van der Waals surface area contributed by atoms with Gasteiger partial charge in [0.05, 0.1) is 0 Å². The number of nitrogens with two attached hydrogens (primary N) is 1. The molecule has 0 unspecified atom stereocenters. The summed E-state index contributed by atoms with van der Waals surface area (Å²) in [5, 5.41) is 11.0. The van der Waals surface area contributed by atoms with Gasteiger partial charge in [-0.3, -0.25) is 4.79 Å². The average Bonchev–Trinajstić information content (AvgIpc) is 2.89. The smallest absolute Gasteiger partial charge is 0.244 e. The van der Waals surface area contributed by atoms with E-state index in [1.54, 1.807) is 0 Å². The standard InChI is InChI=1S/C19H27N7O/c20-19-21-22-23-26(19)14-18(27)25-12-16-8-9-17(25)13-24(11-16)10-4-7-15-5-2-1-3-6-15/h1-3,5-6,16-17H,4,7-14H2,(H2,20,21,23)/t16-,17+/m1/s1. The molecule has 2 aromatic rings. The van der Waals surface area contributed by atoms with Crippen LogP contribution in [0, 0.1) is 5.92 Å². The number of nitrogens with zero attached hydrogens (tertiary/aromatic N) is 6. The van der Waals surface area contributed by atoms with Crippen LogP contribution in [0.4, 0.5) is 5.95 Å². The van der Waals surface area contributed by atoms with E-state index in [2.05, 4.69) is 50.8 Å². The first-order valence-electron chi connectivity index (χ1n) is 9.76. The van der Waals surface area contributed by atoms with Gasteiger partial charge in [0.25, 0.3) is 0 Å². The van der Waals surface area contributed by atoms with E-state index in [9.17, 15) is 4.79 Å². The summed E-state index contributed by atoms with van der Waals surface area (Å²) in [6.07, 6.45) is 4.54. The second-order valence-corrected chi connectivity index (χ2v) is 7.69. The van der Waals surface area contributed by atoms with Crippen LogP contribution in [0.3, 0.4) is 0 Å². The highest BCUT2D eigenvalue weighted by molar-refractivity contribution is 5.76. The summed E-state index contributed by atoms with van der Waals surface area (Å²) in [5.74, 6) is 0.802. The average molecular weight is 369 g/mol. The van der Waals surface area contributed by atoms with Gasteiger partial charge in [0.1, 0.15) is 6.54 Å². The first-order valence-corrected chi connectivity index (χ1v) is 9.76. The van der Waals surface area contributed by atoms with Crippen molar-refractivity contribution in [2.75, 3.05) is 31.9 Å². The van der Waals surface area contributed by atoms with Crippen LogP contribution in [-0.2, 0) is 17.8 Å². The Morgan fingerprint density at radius 3 is 2.78 bits per heavy atom. The zero-order valence-electron chi connectivity index (χ0n) is 15.6. The summed E-state index contributed by atoms with van der Waals surface area (Å²) in [5.41, 5.74) is 7.09. The lowest BCUT2D eigenvalue weighted by Crippen LogP contribution is -2.48. The Bertz CT molecular complexity index is 762. The zero-order chi connectivity index (χ0) is 18.6. The Labute approximate surface area is 159 Å². The third-order valence-corrected chi connectivity index (χ3v) is 5.74. The van der Waals surface area contributed by atoms with Gasteiger partial charge in [0, 0.05) is 25.7 Å². The van der Waals surface area contributed by atoms with Gasteiger partial charge in [-0.15, -0.1) is 0 Å². The minimum atomic E-state index is 0.0647. The number of aryl methyl sites for hydroxylation is 1. The molecular weight excluding hydrogens is 342 g/mol. The van der Waals surface area contributed by atoms with Crippen molar-refractivity contribution in [2.45, 2.75) is 38.3 Å². The molecule has 0 aliphatic carbocycles. The molecule has 1 aromatic heterocycles. The topological polar surface area (TPSA) is 93.2 Å². The Hall–Kier alpha value is -2.48. The van der Waals surface area contributed by atoms with Gasteiger partial charge >= 0.3 is 0 Å². The van der Waals surface area contributed by atoms with Gasteiger partial charge in [-0.1, -0.05) is 35.4 Å². The van der Waals surface area contributed by atoms with Crippen molar-refractivity contribution in [1.29, 1.82) is 0 Å². The van der Waals surface area contributed by atoms with Crippen molar-refractivity contribution in [2.24, 2.45) is 5.92 Å². The van der Waals surface area contributed by atoms with Crippen molar-refractivity contribution in [1.82, 2.24) is 30.0 Å². The fraction of sp³-hybridized carbons (Fsp3) is 0.579. The zero-order valence-corrected chi connectivity index (χ0v) is 15.6. The SMILES string of the molecule is Nc1nnnn1CC(=O)N1C[C@@H]2CC[C@H]1CN(CCCc1ccccc1)C2. The summed E-state index contributed by atoms with van der Waals surface area (Å²) in [6.45, 7) is 4.09. The lowest BCUT2D eigenvalue weighted by Gasteiger charge is -2.36. The number of carbonyl (C=O) groups excluding carboxylic acids is 1. The van der Waals surface area contributed by atoms with Gasteiger partial charge in [0.2, 0.25) is 11.9 Å². The maximum Gasteiger partial charge on any atom is 0.244 e. The summed E-state index contributed by atoms with van der Waals surface area (Å²) in [6, 6.07) is 10.9. The molecule has 27 heavy (non-hydrogen) atoms. The molecule has 3 fully saturated rings. The summed E-state index contributed by atoms with van der Waals surface area (Å²) >= 11 is 0. The van der Waals surface area contributed by atoms with Crippen LogP contribution in [0.15, 0.2) is 30.3 Å². The van der Waals surface area contributed by atoms with Crippen LogP contribution in [0.1, 0.15) is 24.8 Å². The number of piperidine rings is 1. The van der Waals surface area contributed by atoms with Crippen LogP contribution in [0.25, 0.3) is 0 Å². The molecule has 8 heteroatoms. The van der Waals surface area contributed by atoms with Crippen molar-refractivity contribution in [3.63, 3.8) is 0 Å². The summed E-state index contributed by atoms with van der Waals surface area (Å²) < 4.78 is 1.37. The number of hydrogen-bond acceptors (Lipinski definition) is 6. The van der Waals surface area contributed by atoms with Crippen molar-refractivity contribution >= 4 is 11.9 Å². The number of carbonyl (C=O) groups is 1. The Kier molecular flexibility index (Phi) is 5.33. The van der Waals surface area contributed by atoms with E-state index in [1.807, 2.05) is 4.90 Å². The Morgan fingerprint density at radius 2 is 2.00 bits per heavy atom. The Morgan fingerprint density at radius 1 is 1.15 bits per heavy atom. The van der Waals surface area contributed by atoms with Crippen LogP contribution in [0.5, 0.6) is 0 Å². The number of fused-ring (bicyclic) bond motifs is 4. The normalized spacial score (nSPS) is 22.7. The molecule has 144 valence electrons. The van der Waals surface area contributed by atoms with Crippen molar-refractivity contribution in [3.8, 4) is 0 Å². The van der Waals surface area contributed by atoms with Crippen molar-refractivity contribution < 1.29 is 4.79 Å². The molecule has 0 radical (unpaired) electrons. The largest absolute Gasteiger partial charge is 0.367 e. The molecular formula is C19H27N7O. The second-order valence-electron chi connectivity index (χ2n) is 7.69. The van der Waals surface area contributed by atoms with E-state index in [4.69, 9.17) is 5.73 Å². The van der Waals surface area contributed by atoms with E-state index in [-0.39, 0.29) is 24.4 Å². The van der Waals surface area contributed by atoms with Gasteiger partial charge in [-0.25, -0.2) is 4.68 Å².